The van der Waals surface area contributed by atoms with E-state index in [0.29, 0.717) is 31.1 Å². The van der Waals surface area contributed by atoms with E-state index in [0.717, 1.165) is 5.56 Å². The monoisotopic (exact) mass is 486 g/mol. The van der Waals surface area contributed by atoms with Crippen molar-refractivity contribution in [2.24, 2.45) is 0 Å². The number of amides is 4. The number of ether oxygens (including phenoxy) is 1. The summed E-state index contributed by atoms with van der Waals surface area (Å²) in [6.07, 6.45) is 0.937. The van der Waals surface area contributed by atoms with Crippen LogP contribution in [0.25, 0.3) is 0 Å². The number of hydrogen-bond acceptors (Lipinski definition) is 6. The van der Waals surface area contributed by atoms with E-state index in [1.165, 1.54) is 28.6 Å². The first-order chi connectivity index (χ1) is 16.2. The molecule has 11 heteroatoms. The highest BCUT2D eigenvalue weighted by Gasteiger charge is 2.48. The molecule has 2 N–H and O–H groups in total. The fraction of sp³-hybridized carbons (Fsp3) is 0.348. The first kappa shape index (κ1) is 23.9. The van der Waals surface area contributed by atoms with Gasteiger partial charge in [0, 0.05) is 18.7 Å². The third kappa shape index (κ3) is 4.81. The molecule has 1 unspecified atom stereocenters. The molecule has 2 aliphatic rings. The molecule has 2 fully saturated rings. The zero-order valence-corrected chi connectivity index (χ0v) is 19.5. The number of nitrogens with zero attached hydrogens (tertiary/aromatic N) is 2. The average molecular weight is 487 g/mol. The number of hydrazine groups is 1. The fourth-order valence-electron chi connectivity index (χ4n) is 3.87. The Morgan fingerprint density at radius 3 is 2.35 bits per heavy atom. The normalized spacial score (nSPS) is 21.4. The molecule has 2 aromatic carbocycles. The Hall–Kier alpha value is -3.28. The topological polar surface area (TPSA) is 125 Å². The van der Waals surface area contributed by atoms with Gasteiger partial charge in [0.1, 0.15) is 5.54 Å². The molecule has 0 spiro atoms. The van der Waals surface area contributed by atoms with Crippen molar-refractivity contribution < 1.29 is 27.5 Å². The lowest BCUT2D eigenvalue weighted by molar-refractivity contribution is -0.132. The van der Waals surface area contributed by atoms with Crippen molar-refractivity contribution in [3.05, 3.63) is 65.7 Å². The lowest BCUT2D eigenvalue weighted by atomic mass is 9.93. The number of morpholine rings is 1. The molecule has 0 radical (unpaired) electrons. The molecule has 2 saturated heterocycles. The van der Waals surface area contributed by atoms with Crippen molar-refractivity contribution in [1.29, 1.82) is 0 Å². The van der Waals surface area contributed by atoms with Crippen molar-refractivity contribution in [1.82, 2.24) is 20.1 Å². The summed E-state index contributed by atoms with van der Waals surface area (Å²) in [5, 5.41) is 3.32. The van der Waals surface area contributed by atoms with Gasteiger partial charge in [-0.2, -0.15) is 9.31 Å². The van der Waals surface area contributed by atoms with Crippen LogP contribution in [0.15, 0.2) is 59.5 Å². The predicted octanol–water partition coefficient (Wildman–Crippen LogP) is 1.30. The zero-order chi connectivity index (χ0) is 24.3. The molecule has 4 amide bonds. The van der Waals surface area contributed by atoms with Crippen molar-refractivity contribution in [3.63, 3.8) is 0 Å². The van der Waals surface area contributed by atoms with E-state index in [4.69, 9.17) is 4.74 Å². The molecule has 4 rings (SSSR count). The minimum atomic E-state index is -3.70. The van der Waals surface area contributed by atoms with E-state index >= 15 is 0 Å². The molecule has 10 nitrogen and oxygen atoms in total. The van der Waals surface area contributed by atoms with Gasteiger partial charge < -0.3 is 10.1 Å². The first-order valence-corrected chi connectivity index (χ1v) is 12.3. The van der Waals surface area contributed by atoms with Crippen LogP contribution in [0, 0.1) is 0 Å². The van der Waals surface area contributed by atoms with Crippen LogP contribution in [0.5, 0.6) is 0 Å². The van der Waals surface area contributed by atoms with E-state index in [1.807, 2.05) is 30.3 Å². The van der Waals surface area contributed by atoms with Gasteiger partial charge in [-0.1, -0.05) is 30.3 Å². The van der Waals surface area contributed by atoms with Crippen molar-refractivity contribution >= 4 is 27.9 Å². The van der Waals surface area contributed by atoms with Crippen molar-refractivity contribution in [2.75, 3.05) is 26.3 Å². The Bertz CT molecular complexity index is 1180. The van der Waals surface area contributed by atoms with Gasteiger partial charge in [-0.3, -0.25) is 15.0 Å². The second-order valence-electron chi connectivity index (χ2n) is 8.37. The molecule has 2 aromatic rings. The van der Waals surface area contributed by atoms with Gasteiger partial charge in [0.05, 0.1) is 18.1 Å². The van der Waals surface area contributed by atoms with Crippen LogP contribution in [0.1, 0.15) is 29.3 Å². The Balaban J connectivity index is 1.41. The highest BCUT2D eigenvalue weighted by atomic mass is 32.2. The van der Waals surface area contributed by atoms with E-state index in [2.05, 4.69) is 10.7 Å². The lowest BCUT2D eigenvalue weighted by Crippen LogP contribution is -2.49. The minimum Gasteiger partial charge on any atom is -0.379 e. The largest absolute Gasteiger partial charge is 0.379 e. The molecule has 1 atom stereocenters. The third-order valence-electron chi connectivity index (χ3n) is 5.96. The van der Waals surface area contributed by atoms with Crippen LogP contribution >= 0.6 is 0 Å². The van der Waals surface area contributed by atoms with Crippen LogP contribution in [-0.2, 0) is 26.0 Å². The quantitative estimate of drug-likeness (QED) is 0.569. The molecule has 0 aliphatic carbocycles. The molecule has 2 heterocycles. The Kier molecular flexibility index (Phi) is 6.69. The van der Waals surface area contributed by atoms with Gasteiger partial charge in [0.15, 0.2) is 0 Å². The van der Waals surface area contributed by atoms with Crippen molar-refractivity contribution in [3.8, 4) is 0 Å². The van der Waals surface area contributed by atoms with E-state index < -0.39 is 33.4 Å². The molecule has 180 valence electrons. The summed E-state index contributed by atoms with van der Waals surface area (Å²) >= 11 is 0. The summed E-state index contributed by atoms with van der Waals surface area (Å²) in [6.45, 7) is 2.80. The van der Waals surface area contributed by atoms with E-state index in [9.17, 15) is 22.8 Å². The maximum absolute atomic E-state index is 12.9. The molecule has 2 aliphatic heterocycles. The van der Waals surface area contributed by atoms with Crippen LogP contribution in [-0.4, -0.2) is 67.4 Å². The molecule has 34 heavy (non-hydrogen) atoms. The minimum absolute atomic E-state index is 0.0504. The summed E-state index contributed by atoms with van der Waals surface area (Å²) < 4.78 is 32.0. The van der Waals surface area contributed by atoms with Gasteiger partial charge in [-0.05, 0) is 49.6 Å². The molecule has 0 aromatic heterocycles. The summed E-state index contributed by atoms with van der Waals surface area (Å²) in [4.78, 5) is 38.1. The lowest BCUT2D eigenvalue weighted by Gasteiger charge is -2.26. The van der Waals surface area contributed by atoms with Crippen LogP contribution in [0.4, 0.5) is 4.79 Å². The predicted molar refractivity (Wildman–Crippen MR) is 122 cm³/mol. The van der Waals surface area contributed by atoms with Gasteiger partial charge in [0.2, 0.25) is 10.0 Å². The number of imide groups is 1. The number of nitrogens with one attached hydrogen (secondary N) is 2. The highest BCUT2D eigenvalue weighted by Crippen LogP contribution is 2.23. The molecule has 0 bridgehead atoms. The van der Waals surface area contributed by atoms with Gasteiger partial charge in [-0.15, -0.1) is 0 Å². The number of rotatable bonds is 7. The maximum atomic E-state index is 12.9. The number of benzene rings is 2. The van der Waals surface area contributed by atoms with Gasteiger partial charge in [-0.25, -0.2) is 13.2 Å². The molecule has 0 saturated carbocycles. The summed E-state index contributed by atoms with van der Waals surface area (Å²) in [6, 6.07) is 14.2. The summed E-state index contributed by atoms with van der Waals surface area (Å²) in [7, 11) is -3.70. The van der Waals surface area contributed by atoms with Crippen LogP contribution in [0.2, 0.25) is 0 Å². The Morgan fingerprint density at radius 1 is 1.06 bits per heavy atom. The summed E-state index contributed by atoms with van der Waals surface area (Å²) in [5.74, 6) is -1.26. The number of hydrogen-bond donors (Lipinski definition) is 2. The maximum Gasteiger partial charge on any atom is 0.344 e. The van der Waals surface area contributed by atoms with E-state index in [1.54, 1.807) is 6.92 Å². The standard InChI is InChI=1S/C23H26N4O6S/c1-23(12-11-17-5-3-2-4-6-17)21(29)27(22(30)24-23)25-20(28)18-7-9-19(10-8-18)34(31,32)26-13-15-33-16-14-26/h2-10H,11-16H2,1H3,(H,24,30)(H,25,28). The average Bonchev–Trinajstić information content (AvgIpc) is 3.07. The fourth-order valence-corrected chi connectivity index (χ4v) is 5.28. The Morgan fingerprint density at radius 2 is 1.71 bits per heavy atom. The number of carbonyl (C=O) groups excluding carboxylic acids is 3. The van der Waals surface area contributed by atoms with Crippen LogP contribution in [0.3, 0.4) is 0 Å². The molecular weight excluding hydrogens is 460 g/mol. The number of carbonyl (C=O) groups is 3. The van der Waals surface area contributed by atoms with Gasteiger partial charge in [0.25, 0.3) is 11.8 Å². The first-order valence-electron chi connectivity index (χ1n) is 10.9. The van der Waals surface area contributed by atoms with Crippen molar-refractivity contribution in [2.45, 2.75) is 30.2 Å². The van der Waals surface area contributed by atoms with E-state index in [-0.39, 0.29) is 23.5 Å². The SMILES string of the molecule is CC1(CCc2ccccc2)NC(=O)N(NC(=O)c2ccc(S(=O)(=O)N3CCOCC3)cc2)C1=O. The zero-order valence-electron chi connectivity index (χ0n) is 18.7. The second-order valence-corrected chi connectivity index (χ2v) is 10.3. The smallest absolute Gasteiger partial charge is 0.344 e. The third-order valence-corrected chi connectivity index (χ3v) is 7.87. The molecular formula is C23H26N4O6S. The Labute approximate surface area is 197 Å². The highest BCUT2D eigenvalue weighted by molar-refractivity contribution is 7.89. The number of urea groups is 1. The number of sulfonamides is 1. The summed E-state index contributed by atoms with van der Waals surface area (Å²) in [5.41, 5.74) is 2.31. The number of aryl methyl sites for hydroxylation is 1. The van der Waals surface area contributed by atoms with Crippen LogP contribution < -0.4 is 10.7 Å². The second kappa shape index (κ2) is 9.53. The van der Waals surface area contributed by atoms with Gasteiger partial charge >= 0.3 is 6.03 Å².